The van der Waals surface area contributed by atoms with Gasteiger partial charge in [0.05, 0.1) is 6.61 Å². The number of carbonyl (C=O) groups excluding carboxylic acids is 1. The monoisotopic (exact) mass is 247 g/mol. The Labute approximate surface area is 103 Å². The molecule has 0 heterocycles. The molecule has 0 radical (unpaired) electrons. The number of carbonyl (C=O) groups is 1. The lowest BCUT2D eigenvalue weighted by molar-refractivity contribution is -0.149. The third-order valence-corrected chi connectivity index (χ3v) is 3.76. The molecule has 0 aliphatic carbocycles. The van der Waals surface area contributed by atoms with Crippen molar-refractivity contribution in [3.05, 3.63) is 0 Å². The summed E-state index contributed by atoms with van der Waals surface area (Å²) in [6.45, 7) is 10.4. The van der Waals surface area contributed by atoms with Crippen LogP contribution in [0.25, 0.3) is 0 Å². The average molecular weight is 247 g/mol. The highest BCUT2D eigenvalue weighted by Crippen LogP contribution is 2.23. The van der Waals surface area contributed by atoms with Crippen LogP contribution in [0.4, 0.5) is 0 Å². The Morgan fingerprint density at radius 2 is 2.00 bits per heavy atom. The molecule has 96 valence electrons. The average Bonchev–Trinajstić information content (AvgIpc) is 2.14. The summed E-state index contributed by atoms with van der Waals surface area (Å²) in [6.07, 6.45) is 0.656. The lowest BCUT2D eigenvalue weighted by atomic mass is 9.98. The molecule has 2 unspecified atom stereocenters. The number of thioether (sulfide) groups is 1. The van der Waals surface area contributed by atoms with Gasteiger partial charge in [-0.1, -0.05) is 20.8 Å². The maximum absolute atomic E-state index is 11.6. The second-order valence-electron chi connectivity index (χ2n) is 4.88. The van der Waals surface area contributed by atoms with Gasteiger partial charge < -0.3 is 10.5 Å². The molecule has 0 aromatic carbocycles. The van der Waals surface area contributed by atoms with E-state index in [9.17, 15) is 4.79 Å². The summed E-state index contributed by atoms with van der Waals surface area (Å²) in [7, 11) is 0. The molecule has 0 bridgehead atoms. The van der Waals surface area contributed by atoms with Crippen molar-refractivity contribution >= 4 is 17.7 Å². The van der Waals surface area contributed by atoms with Gasteiger partial charge in [-0.3, -0.25) is 4.79 Å². The first-order chi connectivity index (χ1) is 7.29. The van der Waals surface area contributed by atoms with E-state index in [2.05, 4.69) is 20.8 Å². The molecule has 0 aliphatic rings. The van der Waals surface area contributed by atoms with Crippen LogP contribution >= 0.6 is 11.8 Å². The first-order valence-electron chi connectivity index (χ1n) is 5.87. The van der Waals surface area contributed by atoms with Crippen LogP contribution in [0.3, 0.4) is 0 Å². The van der Waals surface area contributed by atoms with E-state index >= 15 is 0 Å². The number of esters is 1. The fraction of sp³-hybridized carbons (Fsp3) is 0.917. The molecule has 0 rings (SSSR count). The van der Waals surface area contributed by atoms with Crippen LogP contribution in [0.2, 0.25) is 0 Å². The summed E-state index contributed by atoms with van der Waals surface area (Å²) < 4.78 is 4.96. The van der Waals surface area contributed by atoms with Crippen LogP contribution in [0.15, 0.2) is 0 Å². The minimum Gasteiger partial charge on any atom is -0.465 e. The third kappa shape index (κ3) is 6.38. The van der Waals surface area contributed by atoms with E-state index in [4.69, 9.17) is 10.5 Å². The van der Waals surface area contributed by atoms with E-state index in [0.29, 0.717) is 24.2 Å². The Kier molecular flexibility index (Phi) is 7.07. The summed E-state index contributed by atoms with van der Waals surface area (Å²) in [5, 5.41) is 0.377. The molecular weight excluding hydrogens is 222 g/mol. The fourth-order valence-corrected chi connectivity index (χ4v) is 2.57. The zero-order chi connectivity index (χ0) is 12.8. The molecule has 3 nitrogen and oxygen atoms in total. The lowest BCUT2D eigenvalue weighted by Gasteiger charge is -2.25. The molecule has 0 aliphatic heterocycles. The molecule has 0 fully saturated rings. The molecule has 0 saturated carbocycles. The normalized spacial score (nSPS) is 16.9. The molecule has 16 heavy (non-hydrogen) atoms. The quantitative estimate of drug-likeness (QED) is 0.702. The Hall–Kier alpha value is -0.220. The smallest absolute Gasteiger partial charge is 0.325 e. The SMILES string of the molecule is CCOC(=O)C(C)(N)CC(C)SCC(C)C. The molecular formula is C12H25NO2S. The topological polar surface area (TPSA) is 52.3 Å². The van der Waals surface area contributed by atoms with Gasteiger partial charge >= 0.3 is 5.97 Å². The summed E-state index contributed by atoms with van der Waals surface area (Å²) in [6, 6.07) is 0. The van der Waals surface area contributed by atoms with Crippen molar-refractivity contribution in [1.82, 2.24) is 0 Å². The Morgan fingerprint density at radius 1 is 1.44 bits per heavy atom. The molecule has 2 atom stereocenters. The Balaban J connectivity index is 4.08. The first kappa shape index (κ1) is 15.8. The van der Waals surface area contributed by atoms with Gasteiger partial charge in [0.25, 0.3) is 0 Å². The van der Waals surface area contributed by atoms with Gasteiger partial charge in [-0.15, -0.1) is 0 Å². The summed E-state index contributed by atoms with van der Waals surface area (Å²) in [5.74, 6) is 1.46. The number of ether oxygens (including phenoxy) is 1. The van der Waals surface area contributed by atoms with Gasteiger partial charge in [-0.2, -0.15) is 11.8 Å². The van der Waals surface area contributed by atoms with E-state index in [0.717, 1.165) is 5.75 Å². The van der Waals surface area contributed by atoms with Gasteiger partial charge in [0.15, 0.2) is 0 Å². The largest absolute Gasteiger partial charge is 0.465 e. The highest BCUT2D eigenvalue weighted by Gasteiger charge is 2.31. The van der Waals surface area contributed by atoms with E-state index in [-0.39, 0.29) is 5.97 Å². The number of hydrogen-bond acceptors (Lipinski definition) is 4. The van der Waals surface area contributed by atoms with Crippen LogP contribution in [-0.2, 0) is 9.53 Å². The summed E-state index contributed by atoms with van der Waals surface area (Å²) in [5.41, 5.74) is 5.10. The number of nitrogens with two attached hydrogens (primary N) is 1. The van der Waals surface area contributed by atoms with Crippen LogP contribution in [-0.4, -0.2) is 29.1 Å². The minimum absolute atomic E-state index is 0.299. The van der Waals surface area contributed by atoms with Gasteiger partial charge in [0.1, 0.15) is 5.54 Å². The molecule has 0 aromatic heterocycles. The van der Waals surface area contributed by atoms with Crippen molar-refractivity contribution in [1.29, 1.82) is 0 Å². The molecule has 2 N–H and O–H groups in total. The molecule has 4 heteroatoms. The first-order valence-corrected chi connectivity index (χ1v) is 6.92. The number of rotatable bonds is 7. The van der Waals surface area contributed by atoms with Crippen LogP contribution in [0.1, 0.15) is 41.0 Å². The number of hydrogen-bond donors (Lipinski definition) is 1. The fourth-order valence-electron chi connectivity index (χ4n) is 1.39. The zero-order valence-electron chi connectivity index (χ0n) is 11.1. The maximum Gasteiger partial charge on any atom is 0.325 e. The predicted octanol–water partition coefficient (Wildman–Crippen LogP) is 2.43. The van der Waals surface area contributed by atoms with Crippen molar-refractivity contribution in [2.24, 2.45) is 11.7 Å². The van der Waals surface area contributed by atoms with Crippen LogP contribution in [0.5, 0.6) is 0 Å². The zero-order valence-corrected chi connectivity index (χ0v) is 11.9. The highest BCUT2D eigenvalue weighted by molar-refractivity contribution is 7.99. The van der Waals surface area contributed by atoms with Crippen molar-refractivity contribution in [2.45, 2.75) is 51.8 Å². The Bertz CT molecular complexity index is 217. The van der Waals surface area contributed by atoms with Crippen molar-refractivity contribution in [2.75, 3.05) is 12.4 Å². The Morgan fingerprint density at radius 3 is 2.44 bits per heavy atom. The van der Waals surface area contributed by atoms with Crippen molar-refractivity contribution in [3.63, 3.8) is 0 Å². The second-order valence-corrected chi connectivity index (χ2v) is 6.35. The molecule has 0 spiro atoms. The maximum atomic E-state index is 11.6. The van der Waals surface area contributed by atoms with Crippen molar-refractivity contribution in [3.8, 4) is 0 Å². The van der Waals surface area contributed by atoms with Crippen LogP contribution in [0, 0.1) is 5.92 Å². The van der Waals surface area contributed by atoms with Crippen molar-refractivity contribution < 1.29 is 9.53 Å². The van der Waals surface area contributed by atoms with E-state index in [1.165, 1.54) is 0 Å². The van der Waals surface area contributed by atoms with Crippen LogP contribution < -0.4 is 5.73 Å². The molecule has 0 amide bonds. The van der Waals surface area contributed by atoms with Gasteiger partial charge in [0, 0.05) is 5.25 Å². The third-order valence-electron chi connectivity index (χ3n) is 2.17. The summed E-state index contributed by atoms with van der Waals surface area (Å²) in [4.78, 5) is 11.6. The summed E-state index contributed by atoms with van der Waals surface area (Å²) >= 11 is 1.86. The predicted molar refractivity (Wildman–Crippen MR) is 70.6 cm³/mol. The highest BCUT2D eigenvalue weighted by atomic mass is 32.2. The van der Waals surface area contributed by atoms with E-state index in [1.807, 2.05) is 11.8 Å². The van der Waals surface area contributed by atoms with Gasteiger partial charge in [0.2, 0.25) is 0 Å². The standard InChI is InChI=1S/C12H25NO2S/c1-6-15-11(14)12(5,13)7-10(4)16-8-9(2)3/h9-10H,6-8,13H2,1-5H3. The van der Waals surface area contributed by atoms with E-state index in [1.54, 1.807) is 13.8 Å². The van der Waals surface area contributed by atoms with E-state index < -0.39 is 5.54 Å². The lowest BCUT2D eigenvalue weighted by Crippen LogP contribution is -2.47. The molecule has 0 saturated heterocycles. The van der Waals surface area contributed by atoms with Gasteiger partial charge in [-0.25, -0.2) is 0 Å². The molecule has 0 aromatic rings. The minimum atomic E-state index is -0.862. The second kappa shape index (κ2) is 7.17. The van der Waals surface area contributed by atoms with Gasteiger partial charge in [-0.05, 0) is 31.9 Å².